The summed E-state index contributed by atoms with van der Waals surface area (Å²) in [5.41, 5.74) is 1.05. The van der Waals surface area contributed by atoms with Crippen LogP contribution in [0.15, 0.2) is 30.3 Å². The molecule has 1 aromatic carbocycles. The van der Waals surface area contributed by atoms with E-state index in [1.165, 1.54) is 0 Å². The standard InChI is InChI=1S/C12H18N2O2/c1-14(2)11(9-15)12(16)13-8-10-6-4-3-5-7-10/h3-7,11,15H,8-9H2,1-2H3,(H,13,16)/t11-/m1/s1. The van der Waals surface area contributed by atoms with E-state index < -0.39 is 6.04 Å². The van der Waals surface area contributed by atoms with Gasteiger partial charge in [0.1, 0.15) is 6.04 Å². The molecule has 2 N–H and O–H groups in total. The summed E-state index contributed by atoms with van der Waals surface area (Å²) < 4.78 is 0. The zero-order valence-corrected chi connectivity index (χ0v) is 9.68. The van der Waals surface area contributed by atoms with Gasteiger partial charge < -0.3 is 10.4 Å². The van der Waals surface area contributed by atoms with E-state index in [0.29, 0.717) is 6.54 Å². The number of benzene rings is 1. The van der Waals surface area contributed by atoms with Crippen molar-refractivity contribution < 1.29 is 9.90 Å². The molecule has 0 aromatic heterocycles. The van der Waals surface area contributed by atoms with Crippen molar-refractivity contribution >= 4 is 5.91 Å². The molecule has 1 amide bonds. The number of hydrogen-bond acceptors (Lipinski definition) is 3. The van der Waals surface area contributed by atoms with E-state index >= 15 is 0 Å². The van der Waals surface area contributed by atoms with Gasteiger partial charge in [-0.3, -0.25) is 9.69 Å². The van der Waals surface area contributed by atoms with Gasteiger partial charge in [-0.25, -0.2) is 0 Å². The first kappa shape index (κ1) is 12.7. The van der Waals surface area contributed by atoms with Crippen molar-refractivity contribution in [2.75, 3.05) is 20.7 Å². The second kappa shape index (κ2) is 6.25. The van der Waals surface area contributed by atoms with Gasteiger partial charge in [0.15, 0.2) is 0 Å². The molecule has 1 aromatic rings. The second-order valence-electron chi connectivity index (χ2n) is 3.87. The van der Waals surface area contributed by atoms with Crippen molar-refractivity contribution in [1.82, 2.24) is 10.2 Å². The van der Waals surface area contributed by atoms with Crippen LogP contribution in [0.4, 0.5) is 0 Å². The van der Waals surface area contributed by atoms with Gasteiger partial charge in [-0.2, -0.15) is 0 Å². The zero-order valence-electron chi connectivity index (χ0n) is 9.68. The predicted octanol–water partition coefficient (Wildman–Crippen LogP) is 0.225. The van der Waals surface area contributed by atoms with Crippen LogP contribution in [0, 0.1) is 0 Å². The van der Waals surface area contributed by atoms with E-state index in [-0.39, 0.29) is 12.5 Å². The molecule has 0 unspecified atom stereocenters. The molecule has 0 bridgehead atoms. The van der Waals surface area contributed by atoms with Crippen molar-refractivity contribution in [3.05, 3.63) is 35.9 Å². The van der Waals surface area contributed by atoms with Crippen LogP contribution in [0.2, 0.25) is 0 Å². The molecule has 0 radical (unpaired) electrons. The van der Waals surface area contributed by atoms with Crippen molar-refractivity contribution in [2.45, 2.75) is 12.6 Å². The number of nitrogens with zero attached hydrogens (tertiary/aromatic N) is 1. The molecule has 0 aliphatic carbocycles. The maximum absolute atomic E-state index is 11.7. The summed E-state index contributed by atoms with van der Waals surface area (Å²) in [5.74, 6) is -0.156. The summed E-state index contributed by atoms with van der Waals surface area (Å²) in [6.07, 6.45) is 0. The van der Waals surface area contributed by atoms with Crippen LogP contribution in [-0.4, -0.2) is 42.7 Å². The molecule has 0 heterocycles. The van der Waals surface area contributed by atoms with Gasteiger partial charge >= 0.3 is 0 Å². The molecule has 0 aliphatic rings. The number of carbonyl (C=O) groups excluding carboxylic acids is 1. The minimum atomic E-state index is -0.483. The average molecular weight is 222 g/mol. The van der Waals surface area contributed by atoms with Crippen molar-refractivity contribution in [3.8, 4) is 0 Å². The highest BCUT2D eigenvalue weighted by Crippen LogP contribution is 1.98. The van der Waals surface area contributed by atoms with Gasteiger partial charge in [-0.1, -0.05) is 30.3 Å². The Kier molecular flexibility index (Phi) is 4.95. The molecule has 0 aliphatic heterocycles. The summed E-state index contributed by atoms with van der Waals surface area (Å²) in [6, 6.07) is 9.20. The van der Waals surface area contributed by atoms with Gasteiger partial charge in [-0.15, -0.1) is 0 Å². The Morgan fingerprint density at radius 3 is 2.50 bits per heavy atom. The normalized spacial score (nSPS) is 12.5. The lowest BCUT2D eigenvalue weighted by atomic mass is 10.2. The predicted molar refractivity (Wildman–Crippen MR) is 62.8 cm³/mol. The number of aliphatic hydroxyl groups is 1. The number of hydrogen-bond donors (Lipinski definition) is 2. The molecular weight excluding hydrogens is 204 g/mol. The summed E-state index contributed by atoms with van der Waals surface area (Å²) in [6.45, 7) is 0.317. The second-order valence-corrected chi connectivity index (χ2v) is 3.87. The van der Waals surface area contributed by atoms with Crippen LogP contribution in [0.5, 0.6) is 0 Å². The first-order valence-electron chi connectivity index (χ1n) is 5.24. The first-order chi connectivity index (χ1) is 7.65. The minimum absolute atomic E-state index is 0.156. The van der Waals surface area contributed by atoms with Gasteiger partial charge in [0.25, 0.3) is 0 Å². The van der Waals surface area contributed by atoms with Crippen LogP contribution in [-0.2, 0) is 11.3 Å². The number of rotatable bonds is 5. The Morgan fingerprint density at radius 2 is 2.00 bits per heavy atom. The van der Waals surface area contributed by atoms with E-state index in [1.54, 1.807) is 19.0 Å². The molecule has 4 heteroatoms. The molecular formula is C12H18N2O2. The quantitative estimate of drug-likeness (QED) is 0.749. The van der Waals surface area contributed by atoms with Gasteiger partial charge in [0.2, 0.25) is 5.91 Å². The average Bonchev–Trinajstić information content (AvgIpc) is 2.28. The highest BCUT2D eigenvalue weighted by atomic mass is 16.3. The minimum Gasteiger partial charge on any atom is -0.394 e. The molecule has 0 saturated carbocycles. The van der Waals surface area contributed by atoms with Crippen LogP contribution < -0.4 is 5.32 Å². The summed E-state index contributed by atoms with van der Waals surface area (Å²) in [4.78, 5) is 13.4. The third kappa shape index (κ3) is 3.64. The van der Waals surface area contributed by atoms with E-state index in [9.17, 15) is 4.79 Å². The van der Waals surface area contributed by atoms with Crippen molar-refractivity contribution in [1.29, 1.82) is 0 Å². The largest absolute Gasteiger partial charge is 0.394 e. The van der Waals surface area contributed by atoms with Crippen molar-refractivity contribution in [3.63, 3.8) is 0 Å². The van der Waals surface area contributed by atoms with E-state index in [0.717, 1.165) is 5.56 Å². The smallest absolute Gasteiger partial charge is 0.239 e. The maximum atomic E-state index is 11.7. The molecule has 1 atom stereocenters. The summed E-state index contributed by atoms with van der Waals surface area (Å²) in [5, 5.41) is 11.9. The summed E-state index contributed by atoms with van der Waals surface area (Å²) >= 11 is 0. The molecule has 1 rings (SSSR count). The molecule has 16 heavy (non-hydrogen) atoms. The topological polar surface area (TPSA) is 52.6 Å². The number of likely N-dealkylation sites (N-methyl/N-ethyl adjacent to an activating group) is 1. The van der Waals surface area contributed by atoms with Crippen LogP contribution >= 0.6 is 0 Å². The van der Waals surface area contributed by atoms with Crippen LogP contribution in [0.1, 0.15) is 5.56 Å². The van der Waals surface area contributed by atoms with E-state index in [4.69, 9.17) is 5.11 Å². The Labute approximate surface area is 95.9 Å². The highest BCUT2D eigenvalue weighted by Gasteiger charge is 2.18. The number of aliphatic hydroxyl groups excluding tert-OH is 1. The number of amides is 1. The molecule has 88 valence electrons. The summed E-state index contributed by atoms with van der Waals surface area (Å²) in [7, 11) is 3.53. The van der Waals surface area contributed by atoms with Crippen LogP contribution in [0.25, 0.3) is 0 Å². The first-order valence-corrected chi connectivity index (χ1v) is 5.24. The maximum Gasteiger partial charge on any atom is 0.239 e. The molecule has 0 fully saturated rings. The zero-order chi connectivity index (χ0) is 12.0. The third-order valence-corrected chi connectivity index (χ3v) is 2.41. The monoisotopic (exact) mass is 222 g/mol. The fourth-order valence-electron chi connectivity index (χ4n) is 1.38. The van der Waals surface area contributed by atoms with Gasteiger partial charge in [0, 0.05) is 6.54 Å². The third-order valence-electron chi connectivity index (χ3n) is 2.41. The Bertz CT molecular complexity index is 325. The van der Waals surface area contributed by atoms with Crippen LogP contribution in [0.3, 0.4) is 0 Å². The van der Waals surface area contributed by atoms with Gasteiger partial charge in [0.05, 0.1) is 6.61 Å². The SMILES string of the molecule is CN(C)[C@H](CO)C(=O)NCc1ccccc1. The lowest BCUT2D eigenvalue weighted by Gasteiger charge is -2.21. The fourth-order valence-corrected chi connectivity index (χ4v) is 1.38. The lowest BCUT2D eigenvalue weighted by Crippen LogP contribution is -2.45. The molecule has 0 spiro atoms. The van der Waals surface area contributed by atoms with E-state index in [2.05, 4.69) is 5.32 Å². The molecule has 0 saturated heterocycles. The lowest BCUT2D eigenvalue weighted by molar-refractivity contribution is -0.126. The Morgan fingerprint density at radius 1 is 1.38 bits per heavy atom. The van der Waals surface area contributed by atoms with Crippen molar-refractivity contribution in [2.24, 2.45) is 0 Å². The Balaban J connectivity index is 2.46. The Hall–Kier alpha value is -1.39. The number of carbonyl (C=O) groups is 1. The molecule has 4 nitrogen and oxygen atoms in total. The van der Waals surface area contributed by atoms with Gasteiger partial charge in [-0.05, 0) is 19.7 Å². The van der Waals surface area contributed by atoms with E-state index in [1.807, 2.05) is 30.3 Å². The highest BCUT2D eigenvalue weighted by molar-refractivity contribution is 5.81. The fraction of sp³-hybridized carbons (Fsp3) is 0.417. The number of nitrogens with one attached hydrogen (secondary N) is 1.